The van der Waals surface area contributed by atoms with Gasteiger partial charge >= 0.3 is 6.03 Å². The van der Waals surface area contributed by atoms with E-state index in [2.05, 4.69) is 21.2 Å². The number of halogens is 1. The van der Waals surface area contributed by atoms with E-state index in [4.69, 9.17) is 0 Å². The summed E-state index contributed by atoms with van der Waals surface area (Å²) in [6.45, 7) is 3.22. The first-order valence-electron chi connectivity index (χ1n) is 7.85. The van der Waals surface area contributed by atoms with Crippen LogP contribution in [0.4, 0.5) is 4.79 Å². The minimum Gasteiger partial charge on any atom is -0.319 e. The molecule has 0 bridgehead atoms. The standard InChI is InChI=1S/C19H17BrN2O3/c1-12(16(23)13-8-10-15(20)11-9-13)22-17(24)19(2,21-18(22)25)14-6-4-3-5-7-14/h3-12H,1-2H3,(H,21,25)/t12-,19+/m1/s1. The molecule has 3 rings (SSSR count). The van der Waals surface area contributed by atoms with Gasteiger partial charge in [0.15, 0.2) is 5.78 Å². The monoisotopic (exact) mass is 400 g/mol. The van der Waals surface area contributed by atoms with E-state index in [9.17, 15) is 14.4 Å². The second-order valence-electron chi connectivity index (χ2n) is 6.14. The first-order valence-corrected chi connectivity index (χ1v) is 8.65. The van der Waals surface area contributed by atoms with Crippen LogP contribution in [0.15, 0.2) is 59.1 Å². The Balaban J connectivity index is 1.90. The molecule has 2 atom stereocenters. The number of amides is 3. The molecule has 0 radical (unpaired) electrons. The number of nitrogens with one attached hydrogen (secondary N) is 1. The lowest BCUT2D eigenvalue weighted by atomic mass is 9.91. The topological polar surface area (TPSA) is 66.5 Å². The molecule has 5 nitrogen and oxygen atoms in total. The van der Waals surface area contributed by atoms with Gasteiger partial charge in [0.2, 0.25) is 0 Å². The van der Waals surface area contributed by atoms with E-state index in [-0.39, 0.29) is 5.78 Å². The SMILES string of the molecule is C[C@H](C(=O)c1ccc(Br)cc1)N1C(=O)N[C@@](C)(c2ccccc2)C1=O. The highest BCUT2D eigenvalue weighted by atomic mass is 79.9. The van der Waals surface area contributed by atoms with Crippen LogP contribution in [0, 0.1) is 0 Å². The van der Waals surface area contributed by atoms with Crippen molar-refractivity contribution in [3.8, 4) is 0 Å². The molecule has 0 aliphatic carbocycles. The van der Waals surface area contributed by atoms with Gasteiger partial charge in [-0.05, 0) is 31.5 Å². The molecular weight excluding hydrogens is 384 g/mol. The highest BCUT2D eigenvalue weighted by Crippen LogP contribution is 2.30. The molecular formula is C19H17BrN2O3. The third kappa shape index (κ3) is 2.98. The fourth-order valence-corrected chi connectivity index (χ4v) is 3.22. The number of nitrogens with zero attached hydrogens (tertiary/aromatic N) is 1. The predicted octanol–water partition coefficient (Wildman–Crippen LogP) is 3.49. The normalized spacial score (nSPS) is 21.2. The van der Waals surface area contributed by atoms with Crippen LogP contribution in [0.5, 0.6) is 0 Å². The molecule has 25 heavy (non-hydrogen) atoms. The van der Waals surface area contributed by atoms with Gasteiger partial charge < -0.3 is 5.32 Å². The van der Waals surface area contributed by atoms with E-state index in [1.165, 1.54) is 0 Å². The molecule has 1 heterocycles. The molecule has 1 aliphatic rings. The third-order valence-corrected chi connectivity index (χ3v) is 5.00. The van der Waals surface area contributed by atoms with Crippen molar-refractivity contribution in [3.05, 3.63) is 70.2 Å². The molecule has 3 amide bonds. The van der Waals surface area contributed by atoms with Gasteiger partial charge in [-0.3, -0.25) is 14.5 Å². The zero-order valence-electron chi connectivity index (χ0n) is 13.8. The number of imide groups is 1. The number of carbonyl (C=O) groups excluding carboxylic acids is 3. The molecule has 0 aromatic heterocycles. The summed E-state index contributed by atoms with van der Waals surface area (Å²) in [5, 5.41) is 2.72. The highest BCUT2D eigenvalue weighted by molar-refractivity contribution is 9.10. The van der Waals surface area contributed by atoms with Gasteiger partial charge in [-0.1, -0.05) is 58.4 Å². The smallest absolute Gasteiger partial charge is 0.319 e. The summed E-state index contributed by atoms with van der Waals surface area (Å²) in [7, 11) is 0. The summed E-state index contributed by atoms with van der Waals surface area (Å²) in [5.41, 5.74) is -0.0455. The lowest BCUT2D eigenvalue weighted by Crippen LogP contribution is -2.45. The number of carbonyl (C=O) groups is 3. The molecule has 1 aliphatic heterocycles. The van der Waals surface area contributed by atoms with E-state index >= 15 is 0 Å². The van der Waals surface area contributed by atoms with Gasteiger partial charge in [-0.2, -0.15) is 0 Å². The molecule has 1 N–H and O–H groups in total. The predicted molar refractivity (Wildman–Crippen MR) is 97.1 cm³/mol. The van der Waals surface area contributed by atoms with Crippen LogP contribution < -0.4 is 5.32 Å². The zero-order valence-corrected chi connectivity index (χ0v) is 15.4. The van der Waals surface area contributed by atoms with E-state index in [1.54, 1.807) is 62.4 Å². The molecule has 0 spiro atoms. The maximum Gasteiger partial charge on any atom is 0.325 e. The van der Waals surface area contributed by atoms with Crippen LogP contribution in [0.3, 0.4) is 0 Å². The Labute approximate surface area is 154 Å². The quantitative estimate of drug-likeness (QED) is 0.630. The Morgan fingerprint density at radius 3 is 2.28 bits per heavy atom. The molecule has 2 aromatic rings. The molecule has 128 valence electrons. The Morgan fingerprint density at radius 1 is 1.08 bits per heavy atom. The summed E-state index contributed by atoms with van der Waals surface area (Å²) in [4.78, 5) is 39.1. The maximum absolute atomic E-state index is 13.0. The van der Waals surface area contributed by atoms with Crippen molar-refractivity contribution in [1.82, 2.24) is 10.2 Å². The second-order valence-corrected chi connectivity index (χ2v) is 7.06. The average Bonchev–Trinajstić information content (AvgIpc) is 2.85. The van der Waals surface area contributed by atoms with E-state index < -0.39 is 23.5 Å². The van der Waals surface area contributed by atoms with Gasteiger partial charge in [0.05, 0.1) is 0 Å². The molecule has 1 saturated heterocycles. The zero-order chi connectivity index (χ0) is 18.2. The lowest BCUT2D eigenvalue weighted by molar-refractivity contribution is -0.131. The number of benzene rings is 2. The highest BCUT2D eigenvalue weighted by Gasteiger charge is 2.51. The van der Waals surface area contributed by atoms with Crippen LogP contribution in [0.25, 0.3) is 0 Å². The molecule has 1 fully saturated rings. The van der Waals surface area contributed by atoms with Gasteiger partial charge in [0.1, 0.15) is 11.6 Å². The molecule has 0 saturated carbocycles. The number of rotatable bonds is 4. The van der Waals surface area contributed by atoms with Gasteiger partial charge in [-0.15, -0.1) is 0 Å². The number of ketones is 1. The minimum atomic E-state index is -1.17. The van der Waals surface area contributed by atoms with Crippen LogP contribution in [0.1, 0.15) is 29.8 Å². The Bertz CT molecular complexity index is 836. The molecule has 6 heteroatoms. The summed E-state index contributed by atoms with van der Waals surface area (Å²) >= 11 is 3.32. The first kappa shape index (κ1) is 17.4. The first-order chi connectivity index (χ1) is 11.8. The number of hydrogen-bond donors (Lipinski definition) is 1. The fraction of sp³-hybridized carbons (Fsp3) is 0.211. The van der Waals surface area contributed by atoms with Gasteiger partial charge in [0.25, 0.3) is 5.91 Å². The maximum atomic E-state index is 13.0. The second kappa shape index (κ2) is 6.44. The van der Waals surface area contributed by atoms with Crippen LogP contribution in [-0.2, 0) is 10.3 Å². The third-order valence-electron chi connectivity index (χ3n) is 4.47. The van der Waals surface area contributed by atoms with Crippen LogP contribution in [0.2, 0.25) is 0 Å². The molecule has 2 aromatic carbocycles. The summed E-state index contributed by atoms with van der Waals surface area (Å²) < 4.78 is 0.850. The summed E-state index contributed by atoms with van der Waals surface area (Å²) in [6.07, 6.45) is 0. The van der Waals surface area contributed by atoms with Crippen molar-refractivity contribution in [2.45, 2.75) is 25.4 Å². The van der Waals surface area contributed by atoms with E-state index in [0.29, 0.717) is 11.1 Å². The van der Waals surface area contributed by atoms with Crippen LogP contribution in [-0.4, -0.2) is 28.7 Å². The van der Waals surface area contributed by atoms with Gasteiger partial charge in [0, 0.05) is 10.0 Å². The fourth-order valence-electron chi connectivity index (χ4n) is 2.95. The summed E-state index contributed by atoms with van der Waals surface area (Å²) in [5.74, 6) is -0.713. The lowest BCUT2D eigenvalue weighted by Gasteiger charge is -2.24. The Morgan fingerprint density at radius 2 is 1.68 bits per heavy atom. The number of hydrogen-bond acceptors (Lipinski definition) is 3. The Hall–Kier alpha value is -2.47. The van der Waals surface area contributed by atoms with Gasteiger partial charge in [-0.25, -0.2) is 4.79 Å². The minimum absolute atomic E-state index is 0.284. The van der Waals surface area contributed by atoms with E-state index in [1.807, 2.05) is 6.07 Å². The van der Waals surface area contributed by atoms with E-state index in [0.717, 1.165) is 9.37 Å². The van der Waals surface area contributed by atoms with Crippen molar-refractivity contribution >= 4 is 33.7 Å². The van der Waals surface area contributed by atoms with Crippen molar-refractivity contribution in [2.24, 2.45) is 0 Å². The molecule has 0 unspecified atom stereocenters. The number of urea groups is 1. The average molecular weight is 401 g/mol. The van der Waals surface area contributed by atoms with Crippen molar-refractivity contribution in [3.63, 3.8) is 0 Å². The van der Waals surface area contributed by atoms with Crippen molar-refractivity contribution in [2.75, 3.05) is 0 Å². The largest absolute Gasteiger partial charge is 0.325 e. The van der Waals surface area contributed by atoms with Crippen LogP contribution >= 0.6 is 15.9 Å². The Kier molecular flexibility index (Phi) is 4.47. The summed E-state index contributed by atoms with van der Waals surface area (Å²) in [6, 6.07) is 14.4. The van der Waals surface area contributed by atoms with Crippen molar-refractivity contribution in [1.29, 1.82) is 0 Å². The van der Waals surface area contributed by atoms with Crippen molar-refractivity contribution < 1.29 is 14.4 Å². The number of Topliss-reactive ketones (excluding diaryl/α,β-unsaturated/α-hetero) is 1.